The summed E-state index contributed by atoms with van der Waals surface area (Å²) < 4.78 is 5.23. The van der Waals surface area contributed by atoms with Crippen molar-refractivity contribution in [1.29, 1.82) is 0 Å². The van der Waals surface area contributed by atoms with Gasteiger partial charge in [-0.15, -0.1) is 0 Å². The molecule has 0 saturated heterocycles. The number of aryl methyl sites for hydroxylation is 1. The van der Waals surface area contributed by atoms with Gasteiger partial charge < -0.3 is 15.4 Å². The van der Waals surface area contributed by atoms with Crippen molar-refractivity contribution < 1.29 is 4.74 Å². The van der Waals surface area contributed by atoms with Gasteiger partial charge in [-0.05, 0) is 37.1 Å². The number of aromatic nitrogens is 2. The Morgan fingerprint density at radius 1 is 1.04 bits per heavy atom. The van der Waals surface area contributed by atoms with Crippen LogP contribution in [-0.2, 0) is 6.42 Å². The fourth-order valence-corrected chi connectivity index (χ4v) is 2.44. The van der Waals surface area contributed by atoms with E-state index in [1.807, 2.05) is 30.3 Å². The fourth-order valence-electron chi connectivity index (χ4n) is 2.44. The molecule has 1 heterocycles. The Morgan fingerprint density at radius 2 is 1.88 bits per heavy atom. The molecular weight excluding hydrogens is 312 g/mol. The van der Waals surface area contributed by atoms with Crippen LogP contribution in [0.1, 0.15) is 11.1 Å². The molecule has 0 saturated carbocycles. The largest absolute Gasteiger partial charge is 0.497 e. The summed E-state index contributed by atoms with van der Waals surface area (Å²) in [6.45, 7) is 2.92. The highest BCUT2D eigenvalue weighted by Gasteiger charge is 2.02. The van der Waals surface area contributed by atoms with Gasteiger partial charge in [0.1, 0.15) is 11.6 Å². The van der Waals surface area contributed by atoms with Crippen molar-refractivity contribution in [3.8, 4) is 5.75 Å². The predicted octanol–water partition coefficient (Wildman–Crippen LogP) is 4.19. The lowest BCUT2D eigenvalue weighted by atomic mass is 10.1. The molecule has 0 aliphatic carbocycles. The minimum atomic E-state index is 0.550. The van der Waals surface area contributed by atoms with Gasteiger partial charge in [0.2, 0.25) is 5.95 Å². The van der Waals surface area contributed by atoms with Crippen LogP contribution in [-0.4, -0.2) is 23.6 Å². The monoisotopic (exact) mass is 334 g/mol. The second kappa shape index (κ2) is 8.15. The van der Waals surface area contributed by atoms with Gasteiger partial charge >= 0.3 is 0 Å². The first-order valence-corrected chi connectivity index (χ1v) is 8.26. The molecule has 0 amide bonds. The van der Waals surface area contributed by atoms with E-state index in [9.17, 15) is 0 Å². The van der Waals surface area contributed by atoms with E-state index in [4.69, 9.17) is 4.74 Å². The lowest BCUT2D eigenvalue weighted by Crippen LogP contribution is -2.07. The lowest BCUT2D eigenvalue weighted by molar-refractivity contribution is 0.415. The van der Waals surface area contributed by atoms with Gasteiger partial charge in [0, 0.05) is 24.5 Å². The van der Waals surface area contributed by atoms with Crippen molar-refractivity contribution in [2.45, 2.75) is 13.3 Å². The van der Waals surface area contributed by atoms with Crippen molar-refractivity contribution in [2.24, 2.45) is 0 Å². The molecule has 2 aromatic carbocycles. The zero-order valence-electron chi connectivity index (χ0n) is 14.5. The van der Waals surface area contributed by atoms with E-state index >= 15 is 0 Å². The maximum absolute atomic E-state index is 5.23. The molecule has 0 radical (unpaired) electrons. The second-order valence-electron chi connectivity index (χ2n) is 5.78. The normalized spacial score (nSPS) is 10.3. The van der Waals surface area contributed by atoms with E-state index in [1.165, 1.54) is 11.1 Å². The van der Waals surface area contributed by atoms with E-state index in [2.05, 4.69) is 51.8 Å². The van der Waals surface area contributed by atoms with Crippen LogP contribution in [0.5, 0.6) is 5.75 Å². The average Bonchev–Trinajstić information content (AvgIpc) is 2.64. The molecule has 0 aliphatic rings. The van der Waals surface area contributed by atoms with E-state index in [-0.39, 0.29) is 0 Å². The molecule has 5 heteroatoms. The molecule has 3 rings (SSSR count). The van der Waals surface area contributed by atoms with E-state index in [0.717, 1.165) is 30.2 Å². The summed E-state index contributed by atoms with van der Waals surface area (Å²) in [5.41, 5.74) is 3.47. The Hall–Kier alpha value is -3.08. The van der Waals surface area contributed by atoms with Gasteiger partial charge in [0.15, 0.2) is 0 Å². The maximum Gasteiger partial charge on any atom is 0.229 e. The predicted molar refractivity (Wildman–Crippen MR) is 102 cm³/mol. The van der Waals surface area contributed by atoms with Crippen molar-refractivity contribution in [2.75, 3.05) is 24.3 Å². The Bertz CT molecular complexity index is 818. The molecule has 0 spiro atoms. The van der Waals surface area contributed by atoms with Crippen LogP contribution in [0.4, 0.5) is 17.5 Å². The summed E-state index contributed by atoms with van der Waals surface area (Å²) in [6, 6.07) is 18.1. The molecule has 128 valence electrons. The summed E-state index contributed by atoms with van der Waals surface area (Å²) in [4.78, 5) is 8.76. The summed E-state index contributed by atoms with van der Waals surface area (Å²) in [6.07, 6.45) is 2.69. The first-order valence-electron chi connectivity index (χ1n) is 8.26. The minimum Gasteiger partial charge on any atom is -0.497 e. The number of methoxy groups -OCH3 is 1. The van der Waals surface area contributed by atoms with Crippen LogP contribution in [0, 0.1) is 6.92 Å². The van der Waals surface area contributed by atoms with E-state index in [1.54, 1.807) is 13.3 Å². The Balaban J connectivity index is 1.58. The number of nitrogens with zero attached hydrogens (tertiary/aromatic N) is 2. The summed E-state index contributed by atoms with van der Waals surface area (Å²) in [5, 5.41) is 6.53. The van der Waals surface area contributed by atoms with Crippen LogP contribution in [0.15, 0.2) is 60.8 Å². The van der Waals surface area contributed by atoms with Crippen molar-refractivity contribution in [1.82, 2.24) is 9.97 Å². The molecule has 0 bridgehead atoms. The highest BCUT2D eigenvalue weighted by Crippen LogP contribution is 2.19. The van der Waals surface area contributed by atoms with E-state index in [0.29, 0.717) is 5.95 Å². The van der Waals surface area contributed by atoms with Crippen LogP contribution in [0.3, 0.4) is 0 Å². The zero-order valence-corrected chi connectivity index (χ0v) is 14.5. The highest BCUT2D eigenvalue weighted by atomic mass is 16.5. The molecule has 25 heavy (non-hydrogen) atoms. The summed E-state index contributed by atoms with van der Waals surface area (Å²) >= 11 is 0. The third kappa shape index (κ3) is 4.94. The van der Waals surface area contributed by atoms with Gasteiger partial charge in [-0.3, -0.25) is 0 Å². The van der Waals surface area contributed by atoms with Crippen molar-refractivity contribution in [3.05, 3.63) is 71.9 Å². The first-order chi connectivity index (χ1) is 12.2. The standard InChI is InChI=1S/C20H22N4O/c1-15-6-8-16(9-7-15)10-12-21-19-11-13-22-20(24-19)23-17-4-3-5-18(14-17)25-2/h3-9,11,13-14H,10,12H2,1-2H3,(H2,21,22,23,24). The smallest absolute Gasteiger partial charge is 0.229 e. The molecule has 2 N–H and O–H groups in total. The number of rotatable bonds is 7. The zero-order chi connectivity index (χ0) is 17.5. The molecule has 0 unspecified atom stereocenters. The number of hydrogen-bond acceptors (Lipinski definition) is 5. The van der Waals surface area contributed by atoms with Crippen molar-refractivity contribution in [3.63, 3.8) is 0 Å². The average molecular weight is 334 g/mol. The van der Waals surface area contributed by atoms with Gasteiger partial charge in [-0.1, -0.05) is 35.9 Å². The van der Waals surface area contributed by atoms with Gasteiger partial charge in [-0.2, -0.15) is 4.98 Å². The number of anilines is 3. The molecule has 1 aromatic heterocycles. The lowest BCUT2D eigenvalue weighted by Gasteiger charge is -2.09. The third-order valence-corrected chi connectivity index (χ3v) is 3.82. The molecule has 0 aliphatic heterocycles. The maximum atomic E-state index is 5.23. The Kier molecular flexibility index (Phi) is 5.46. The number of nitrogens with one attached hydrogen (secondary N) is 2. The molecule has 3 aromatic rings. The van der Waals surface area contributed by atoms with Crippen LogP contribution >= 0.6 is 0 Å². The number of benzene rings is 2. The second-order valence-corrected chi connectivity index (χ2v) is 5.78. The quantitative estimate of drug-likeness (QED) is 0.678. The Labute approximate surface area is 148 Å². The fraction of sp³-hybridized carbons (Fsp3) is 0.200. The minimum absolute atomic E-state index is 0.550. The van der Waals surface area contributed by atoms with Gasteiger partial charge in [-0.25, -0.2) is 4.98 Å². The summed E-state index contributed by atoms with van der Waals surface area (Å²) in [5.74, 6) is 2.14. The molecule has 0 atom stereocenters. The molecule has 5 nitrogen and oxygen atoms in total. The topological polar surface area (TPSA) is 59.1 Å². The third-order valence-electron chi connectivity index (χ3n) is 3.82. The van der Waals surface area contributed by atoms with Gasteiger partial charge in [0.25, 0.3) is 0 Å². The SMILES string of the molecule is COc1cccc(Nc2nccc(NCCc3ccc(C)cc3)n2)c1. The van der Waals surface area contributed by atoms with Crippen LogP contribution < -0.4 is 15.4 Å². The number of hydrogen-bond donors (Lipinski definition) is 2. The summed E-state index contributed by atoms with van der Waals surface area (Å²) in [7, 11) is 1.65. The van der Waals surface area contributed by atoms with Crippen LogP contribution in [0.25, 0.3) is 0 Å². The highest BCUT2D eigenvalue weighted by molar-refractivity contribution is 5.56. The first kappa shape index (κ1) is 16.8. The Morgan fingerprint density at radius 3 is 2.68 bits per heavy atom. The van der Waals surface area contributed by atoms with E-state index < -0.39 is 0 Å². The van der Waals surface area contributed by atoms with Crippen molar-refractivity contribution >= 4 is 17.5 Å². The molecule has 0 fully saturated rings. The van der Waals surface area contributed by atoms with Gasteiger partial charge in [0.05, 0.1) is 7.11 Å². The molecular formula is C20H22N4O. The number of ether oxygens (including phenoxy) is 1. The van der Waals surface area contributed by atoms with Crippen LogP contribution in [0.2, 0.25) is 0 Å².